The summed E-state index contributed by atoms with van der Waals surface area (Å²) in [5.41, 5.74) is 0. The summed E-state index contributed by atoms with van der Waals surface area (Å²) < 4.78 is 2.51. The predicted molar refractivity (Wildman–Crippen MR) is 59.2 cm³/mol. The van der Waals surface area contributed by atoms with E-state index in [0.29, 0.717) is 0 Å². The van der Waals surface area contributed by atoms with Crippen molar-refractivity contribution in [3.63, 3.8) is 0 Å². The highest BCUT2D eigenvalue weighted by Gasteiger charge is 2.23. The van der Waals surface area contributed by atoms with Gasteiger partial charge in [0.1, 0.15) is 0 Å². The second-order valence-electron chi connectivity index (χ2n) is 4.21. The molecule has 1 aliphatic rings. The van der Waals surface area contributed by atoms with E-state index in [0.717, 1.165) is 26.2 Å². The lowest BCUT2D eigenvalue weighted by Gasteiger charge is -2.45. The van der Waals surface area contributed by atoms with Crippen molar-refractivity contribution in [3.05, 3.63) is 0 Å². The topological polar surface area (TPSA) is 23.6 Å². The molecule has 0 radical (unpaired) electrons. The van der Waals surface area contributed by atoms with E-state index >= 15 is 0 Å². The molecule has 0 aliphatic carbocycles. The number of carbonyl (C=O) groups excluding carboxylic acids is 1. The van der Waals surface area contributed by atoms with E-state index in [-0.39, 0.29) is 5.91 Å². The first-order valence-electron chi connectivity index (χ1n) is 4.60. The van der Waals surface area contributed by atoms with Crippen LogP contribution < -0.4 is 0 Å². The Labute approximate surface area is 82.5 Å². The first-order chi connectivity index (χ1) is 5.91. The van der Waals surface area contributed by atoms with Crippen LogP contribution in [0.1, 0.15) is 6.92 Å². The molecule has 1 heterocycles. The van der Waals surface area contributed by atoms with E-state index in [1.54, 1.807) is 6.92 Å². The highest BCUT2D eigenvalue weighted by atomic mass is 32.3. The van der Waals surface area contributed by atoms with Gasteiger partial charge in [-0.3, -0.25) is 9.10 Å². The van der Waals surface area contributed by atoms with Crippen LogP contribution in [0, 0.1) is 0 Å². The average molecular weight is 204 g/mol. The Bertz CT molecular complexity index is 192. The fourth-order valence-corrected chi connectivity index (χ4v) is 2.81. The number of piperazine rings is 1. The fourth-order valence-electron chi connectivity index (χ4n) is 1.55. The van der Waals surface area contributed by atoms with Crippen LogP contribution in [-0.2, 0) is 4.79 Å². The molecule has 0 unspecified atom stereocenters. The quantitative estimate of drug-likeness (QED) is 0.629. The zero-order valence-corrected chi connectivity index (χ0v) is 9.86. The Balaban J connectivity index is 2.44. The standard InChI is InChI=1S/C9H20N2OS/c1-9(12)10-5-7-11(8-6-10)13(2,3)4/h5-8H2,1-4H3. The molecule has 0 atom stereocenters. The van der Waals surface area contributed by atoms with E-state index in [9.17, 15) is 4.79 Å². The Hall–Kier alpha value is -0.220. The molecule has 1 aliphatic heterocycles. The Morgan fingerprint density at radius 3 is 1.85 bits per heavy atom. The number of carbonyl (C=O) groups is 1. The van der Waals surface area contributed by atoms with Gasteiger partial charge in [-0.25, -0.2) is 0 Å². The molecule has 1 rings (SSSR count). The number of rotatable bonds is 1. The van der Waals surface area contributed by atoms with E-state index in [1.165, 1.54) is 0 Å². The maximum absolute atomic E-state index is 11.1. The number of nitrogens with zero attached hydrogens (tertiary/aromatic N) is 2. The number of hydrogen-bond donors (Lipinski definition) is 0. The summed E-state index contributed by atoms with van der Waals surface area (Å²) in [7, 11) is -0.580. The van der Waals surface area contributed by atoms with Crippen LogP contribution >= 0.6 is 10.2 Å². The van der Waals surface area contributed by atoms with E-state index < -0.39 is 10.2 Å². The summed E-state index contributed by atoms with van der Waals surface area (Å²) in [6, 6.07) is 0. The third-order valence-corrected chi connectivity index (χ3v) is 4.37. The normalized spacial score (nSPS) is 21.7. The summed E-state index contributed by atoms with van der Waals surface area (Å²) in [6.45, 7) is 5.54. The monoisotopic (exact) mass is 204 g/mol. The lowest BCUT2D eigenvalue weighted by atomic mass is 10.3. The Morgan fingerprint density at radius 1 is 1.08 bits per heavy atom. The van der Waals surface area contributed by atoms with E-state index in [2.05, 4.69) is 23.1 Å². The Morgan fingerprint density at radius 2 is 1.54 bits per heavy atom. The zero-order chi connectivity index (χ0) is 10.1. The van der Waals surface area contributed by atoms with Gasteiger partial charge in [0, 0.05) is 33.1 Å². The van der Waals surface area contributed by atoms with Gasteiger partial charge in [0.05, 0.1) is 0 Å². The summed E-state index contributed by atoms with van der Waals surface area (Å²) in [5, 5.41) is 0. The highest BCUT2D eigenvalue weighted by molar-refractivity contribution is 8.30. The van der Waals surface area contributed by atoms with Crippen molar-refractivity contribution in [1.29, 1.82) is 0 Å². The van der Waals surface area contributed by atoms with Crippen LogP contribution in [0.5, 0.6) is 0 Å². The van der Waals surface area contributed by atoms with Crippen LogP contribution in [0.3, 0.4) is 0 Å². The largest absolute Gasteiger partial charge is 0.340 e. The summed E-state index contributed by atoms with van der Waals surface area (Å²) in [6.07, 6.45) is 6.91. The van der Waals surface area contributed by atoms with Crippen molar-refractivity contribution in [1.82, 2.24) is 9.21 Å². The molecule has 3 nitrogen and oxygen atoms in total. The summed E-state index contributed by atoms with van der Waals surface area (Å²) in [5.74, 6) is 0.212. The SMILES string of the molecule is CC(=O)N1CCN(S(C)(C)C)CC1. The van der Waals surface area contributed by atoms with Crippen molar-refractivity contribution in [2.75, 3.05) is 44.9 Å². The predicted octanol–water partition coefficient (Wildman–Crippen LogP) is 0.760. The molecule has 0 N–H and O–H groups in total. The molecular weight excluding hydrogens is 184 g/mol. The first-order valence-corrected chi connectivity index (χ1v) is 7.41. The molecule has 0 saturated carbocycles. The third-order valence-electron chi connectivity index (χ3n) is 2.46. The van der Waals surface area contributed by atoms with Gasteiger partial charge in [-0.1, -0.05) is 0 Å². The molecule has 1 amide bonds. The third kappa shape index (κ3) is 2.88. The Kier molecular flexibility index (Phi) is 3.24. The fraction of sp³-hybridized carbons (Fsp3) is 0.889. The smallest absolute Gasteiger partial charge is 0.219 e. The van der Waals surface area contributed by atoms with Gasteiger partial charge in [-0.15, -0.1) is 0 Å². The van der Waals surface area contributed by atoms with Crippen LogP contribution in [-0.4, -0.2) is 60.1 Å². The van der Waals surface area contributed by atoms with Gasteiger partial charge < -0.3 is 4.90 Å². The second kappa shape index (κ2) is 3.88. The lowest BCUT2D eigenvalue weighted by molar-refractivity contribution is -0.129. The first kappa shape index (κ1) is 10.9. The van der Waals surface area contributed by atoms with Crippen LogP contribution in [0.2, 0.25) is 0 Å². The van der Waals surface area contributed by atoms with Gasteiger partial charge in [0.2, 0.25) is 5.91 Å². The van der Waals surface area contributed by atoms with Crippen molar-refractivity contribution in [2.24, 2.45) is 0 Å². The molecule has 0 spiro atoms. The molecule has 13 heavy (non-hydrogen) atoms. The van der Waals surface area contributed by atoms with Gasteiger partial charge in [-0.05, 0) is 18.8 Å². The maximum atomic E-state index is 11.1. The van der Waals surface area contributed by atoms with Gasteiger partial charge >= 0.3 is 0 Å². The van der Waals surface area contributed by atoms with Gasteiger partial charge in [0.15, 0.2) is 0 Å². The van der Waals surface area contributed by atoms with E-state index in [1.807, 2.05) is 4.90 Å². The van der Waals surface area contributed by atoms with Crippen molar-refractivity contribution in [2.45, 2.75) is 6.92 Å². The number of hydrogen-bond acceptors (Lipinski definition) is 2. The second-order valence-corrected chi connectivity index (χ2v) is 8.27. The van der Waals surface area contributed by atoms with Crippen LogP contribution in [0.25, 0.3) is 0 Å². The number of amides is 1. The van der Waals surface area contributed by atoms with Crippen molar-refractivity contribution < 1.29 is 4.79 Å². The molecule has 78 valence electrons. The zero-order valence-electron chi connectivity index (χ0n) is 9.04. The van der Waals surface area contributed by atoms with Crippen LogP contribution in [0.15, 0.2) is 0 Å². The maximum Gasteiger partial charge on any atom is 0.219 e. The summed E-state index contributed by atoms with van der Waals surface area (Å²) in [4.78, 5) is 13.0. The van der Waals surface area contributed by atoms with Crippen molar-refractivity contribution >= 4 is 16.1 Å². The molecular formula is C9H20N2OS. The molecule has 0 aromatic rings. The minimum atomic E-state index is -0.580. The lowest BCUT2D eigenvalue weighted by Crippen LogP contribution is -2.48. The van der Waals surface area contributed by atoms with Crippen molar-refractivity contribution in [3.8, 4) is 0 Å². The van der Waals surface area contributed by atoms with Crippen LogP contribution in [0.4, 0.5) is 0 Å². The minimum absolute atomic E-state index is 0.212. The molecule has 4 heteroatoms. The molecule has 1 fully saturated rings. The molecule has 0 bridgehead atoms. The molecule has 0 aromatic heterocycles. The molecule has 1 saturated heterocycles. The highest BCUT2D eigenvalue weighted by Crippen LogP contribution is 2.39. The summed E-state index contributed by atoms with van der Waals surface area (Å²) >= 11 is 0. The minimum Gasteiger partial charge on any atom is -0.340 e. The molecule has 0 aromatic carbocycles. The average Bonchev–Trinajstić information content (AvgIpc) is 2.03. The van der Waals surface area contributed by atoms with E-state index in [4.69, 9.17) is 0 Å². The van der Waals surface area contributed by atoms with Gasteiger partial charge in [-0.2, -0.15) is 10.2 Å². The van der Waals surface area contributed by atoms with Gasteiger partial charge in [0.25, 0.3) is 0 Å².